The van der Waals surface area contributed by atoms with Gasteiger partial charge >= 0.3 is 0 Å². The minimum Gasteiger partial charge on any atom is -0.491 e. The second-order valence-corrected chi connectivity index (χ2v) is 5.81. The molecule has 18 heavy (non-hydrogen) atoms. The molecule has 1 aliphatic rings. The lowest BCUT2D eigenvalue weighted by molar-refractivity contribution is 0.106. The third kappa shape index (κ3) is 3.97. The van der Waals surface area contributed by atoms with E-state index in [4.69, 9.17) is 4.74 Å². The van der Waals surface area contributed by atoms with Gasteiger partial charge in [-0.3, -0.25) is 0 Å². The minimum absolute atomic E-state index is 0.334. The molecule has 0 aromatic heterocycles. The summed E-state index contributed by atoms with van der Waals surface area (Å²) in [6.07, 6.45) is 2.02. The van der Waals surface area contributed by atoms with Crippen LogP contribution in [0, 0.1) is 13.8 Å². The van der Waals surface area contributed by atoms with Gasteiger partial charge in [-0.2, -0.15) is 0 Å². The number of aliphatic hydroxyl groups is 1. The molecule has 0 heterocycles. The van der Waals surface area contributed by atoms with Gasteiger partial charge in [-0.1, -0.05) is 15.9 Å². The van der Waals surface area contributed by atoms with Gasteiger partial charge in [0.25, 0.3) is 0 Å². The Morgan fingerprint density at radius 1 is 1.39 bits per heavy atom. The van der Waals surface area contributed by atoms with Crippen LogP contribution in [-0.2, 0) is 0 Å². The predicted octanol–water partition coefficient (Wildman–Crippen LogP) is 2.56. The van der Waals surface area contributed by atoms with Crippen LogP contribution in [0.25, 0.3) is 0 Å². The highest BCUT2D eigenvalue weighted by Gasteiger charge is 2.21. The molecule has 1 fully saturated rings. The maximum atomic E-state index is 9.78. The van der Waals surface area contributed by atoms with Gasteiger partial charge in [0, 0.05) is 17.1 Å². The first-order valence-corrected chi connectivity index (χ1v) is 7.16. The maximum Gasteiger partial charge on any atom is 0.120 e. The maximum absolute atomic E-state index is 9.78. The summed E-state index contributed by atoms with van der Waals surface area (Å²) in [5.41, 5.74) is 2.30. The van der Waals surface area contributed by atoms with Gasteiger partial charge in [-0.25, -0.2) is 0 Å². The van der Waals surface area contributed by atoms with E-state index in [9.17, 15) is 5.11 Å². The summed E-state index contributed by atoms with van der Waals surface area (Å²) in [5, 5.41) is 13.1. The largest absolute Gasteiger partial charge is 0.491 e. The van der Waals surface area contributed by atoms with Gasteiger partial charge < -0.3 is 15.2 Å². The molecule has 4 heteroatoms. The Kier molecular flexibility index (Phi) is 4.65. The molecule has 2 N–H and O–H groups in total. The van der Waals surface area contributed by atoms with Crippen molar-refractivity contribution in [2.45, 2.75) is 38.8 Å². The zero-order valence-electron chi connectivity index (χ0n) is 10.9. The lowest BCUT2D eigenvalue weighted by atomic mass is 10.1. The SMILES string of the molecule is Cc1cc(OCC(O)CNC2CC2)cc(C)c1Br. The van der Waals surface area contributed by atoms with Gasteiger partial charge in [0.1, 0.15) is 18.5 Å². The van der Waals surface area contributed by atoms with E-state index >= 15 is 0 Å². The second kappa shape index (κ2) is 6.04. The van der Waals surface area contributed by atoms with E-state index in [1.54, 1.807) is 0 Å². The first-order valence-electron chi connectivity index (χ1n) is 6.37. The van der Waals surface area contributed by atoms with Crippen molar-refractivity contribution < 1.29 is 9.84 Å². The molecule has 0 aliphatic heterocycles. The van der Waals surface area contributed by atoms with Crippen LogP contribution in [0.4, 0.5) is 0 Å². The van der Waals surface area contributed by atoms with Gasteiger partial charge in [0.15, 0.2) is 0 Å². The lowest BCUT2D eigenvalue weighted by Gasteiger charge is -2.14. The quantitative estimate of drug-likeness (QED) is 0.848. The van der Waals surface area contributed by atoms with Crippen molar-refractivity contribution in [2.24, 2.45) is 0 Å². The van der Waals surface area contributed by atoms with Gasteiger partial charge in [-0.05, 0) is 49.9 Å². The lowest BCUT2D eigenvalue weighted by Crippen LogP contribution is -2.32. The molecular formula is C14H20BrNO2. The summed E-state index contributed by atoms with van der Waals surface area (Å²) in [4.78, 5) is 0. The number of aryl methyl sites for hydroxylation is 2. The third-order valence-electron chi connectivity index (χ3n) is 3.07. The van der Waals surface area contributed by atoms with Crippen molar-refractivity contribution in [2.75, 3.05) is 13.2 Å². The number of halogens is 1. The van der Waals surface area contributed by atoms with E-state index in [0.717, 1.165) is 21.3 Å². The molecule has 1 unspecified atom stereocenters. The molecular weight excluding hydrogens is 294 g/mol. The molecule has 1 aromatic carbocycles. The zero-order valence-corrected chi connectivity index (χ0v) is 12.5. The van der Waals surface area contributed by atoms with Crippen LogP contribution in [0.5, 0.6) is 5.75 Å². The van der Waals surface area contributed by atoms with Crippen LogP contribution >= 0.6 is 15.9 Å². The molecule has 2 rings (SSSR count). The van der Waals surface area contributed by atoms with Crippen molar-refractivity contribution in [3.8, 4) is 5.75 Å². The number of benzene rings is 1. The summed E-state index contributed by atoms with van der Waals surface area (Å²) in [7, 11) is 0. The van der Waals surface area contributed by atoms with E-state index in [2.05, 4.69) is 21.2 Å². The number of nitrogens with one attached hydrogen (secondary N) is 1. The van der Waals surface area contributed by atoms with Gasteiger partial charge in [0.05, 0.1) is 0 Å². The topological polar surface area (TPSA) is 41.5 Å². The fourth-order valence-electron chi connectivity index (χ4n) is 1.83. The minimum atomic E-state index is -0.449. The van der Waals surface area contributed by atoms with Gasteiger partial charge in [-0.15, -0.1) is 0 Å². The molecule has 1 atom stereocenters. The van der Waals surface area contributed by atoms with Crippen LogP contribution < -0.4 is 10.1 Å². The van der Waals surface area contributed by atoms with E-state index in [1.165, 1.54) is 12.8 Å². The van der Waals surface area contributed by atoms with E-state index < -0.39 is 6.10 Å². The first-order chi connectivity index (χ1) is 8.56. The van der Waals surface area contributed by atoms with E-state index in [0.29, 0.717) is 19.2 Å². The predicted molar refractivity (Wildman–Crippen MR) is 76.1 cm³/mol. The van der Waals surface area contributed by atoms with Crippen molar-refractivity contribution in [1.29, 1.82) is 0 Å². The molecule has 0 saturated heterocycles. The zero-order chi connectivity index (χ0) is 13.1. The summed E-state index contributed by atoms with van der Waals surface area (Å²) < 4.78 is 6.74. The van der Waals surface area contributed by atoms with Crippen LogP contribution in [0.3, 0.4) is 0 Å². The molecule has 0 bridgehead atoms. The van der Waals surface area contributed by atoms with Crippen molar-refractivity contribution in [3.63, 3.8) is 0 Å². The number of hydrogen-bond acceptors (Lipinski definition) is 3. The van der Waals surface area contributed by atoms with E-state index in [1.807, 2.05) is 26.0 Å². The van der Waals surface area contributed by atoms with Crippen molar-refractivity contribution in [1.82, 2.24) is 5.32 Å². The van der Waals surface area contributed by atoms with Crippen LogP contribution in [-0.4, -0.2) is 30.4 Å². The van der Waals surface area contributed by atoms with Crippen LogP contribution in [0.15, 0.2) is 16.6 Å². The smallest absolute Gasteiger partial charge is 0.120 e. The monoisotopic (exact) mass is 313 g/mol. The Bertz CT molecular complexity index is 395. The Morgan fingerprint density at radius 3 is 2.56 bits per heavy atom. The Morgan fingerprint density at radius 2 is 2.00 bits per heavy atom. The number of aliphatic hydroxyl groups excluding tert-OH is 1. The second-order valence-electron chi connectivity index (χ2n) is 5.02. The van der Waals surface area contributed by atoms with Crippen LogP contribution in [0.1, 0.15) is 24.0 Å². The average Bonchev–Trinajstić information content (AvgIpc) is 3.14. The molecule has 0 amide bonds. The highest BCUT2D eigenvalue weighted by atomic mass is 79.9. The molecule has 1 saturated carbocycles. The number of hydrogen-bond donors (Lipinski definition) is 2. The molecule has 0 radical (unpaired) electrons. The Hall–Kier alpha value is -0.580. The molecule has 3 nitrogen and oxygen atoms in total. The summed E-state index contributed by atoms with van der Waals surface area (Å²) in [5.74, 6) is 0.818. The Balaban J connectivity index is 1.81. The molecule has 0 spiro atoms. The first kappa shape index (κ1) is 13.8. The molecule has 100 valence electrons. The summed E-state index contributed by atoms with van der Waals surface area (Å²) in [6, 6.07) is 4.59. The third-order valence-corrected chi connectivity index (χ3v) is 4.32. The van der Waals surface area contributed by atoms with Crippen molar-refractivity contribution in [3.05, 3.63) is 27.7 Å². The van der Waals surface area contributed by atoms with E-state index in [-0.39, 0.29) is 0 Å². The molecule has 1 aliphatic carbocycles. The molecule has 1 aromatic rings. The van der Waals surface area contributed by atoms with Crippen molar-refractivity contribution >= 4 is 15.9 Å². The number of rotatable bonds is 6. The fourth-order valence-corrected chi connectivity index (χ4v) is 2.06. The average molecular weight is 314 g/mol. The van der Waals surface area contributed by atoms with Gasteiger partial charge in [0.2, 0.25) is 0 Å². The normalized spacial score (nSPS) is 16.7. The number of ether oxygens (including phenoxy) is 1. The highest BCUT2D eigenvalue weighted by molar-refractivity contribution is 9.10. The standard InChI is InChI=1S/C14H20BrNO2/c1-9-5-13(6-10(2)14(9)15)18-8-12(17)7-16-11-3-4-11/h5-6,11-12,16-17H,3-4,7-8H2,1-2H3. The van der Waals surface area contributed by atoms with Crippen LogP contribution in [0.2, 0.25) is 0 Å². The highest BCUT2D eigenvalue weighted by Crippen LogP contribution is 2.26. The summed E-state index contributed by atoms with van der Waals surface area (Å²) >= 11 is 3.53. The Labute approximate surface area is 117 Å². The fraction of sp³-hybridized carbons (Fsp3) is 0.571. The summed E-state index contributed by atoms with van der Waals surface area (Å²) in [6.45, 7) is 5.02.